The standard InChI is InChI=1S/C20H18ClNO4/c1-10(2)19-16(12-4-6-13(21)7-5-12)17(24)14-8-9-15(22-11(3)23)18(25)20(14)26-19/h4-10,25H,1-3H3,(H,22,23). The van der Waals surface area contributed by atoms with E-state index in [4.69, 9.17) is 16.0 Å². The normalized spacial score (nSPS) is 11.1. The Bertz CT molecular complexity index is 1050. The van der Waals surface area contributed by atoms with Crippen LogP contribution in [0.5, 0.6) is 5.75 Å². The maximum Gasteiger partial charge on any atom is 0.221 e. The SMILES string of the molecule is CC(=O)Nc1ccc2c(=O)c(-c3ccc(Cl)cc3)c(C(C)C)oc2c1O. The smallest absolute Gasteiger partial charge is 0.221 e. The number of aromatic hydroxyl groups is 1. The van der Waals surface area contributed by atoms with Crippen LogP contribution >= 0.6 is 11.6 Å². The molecule has 3 rings (SSSR count). The predicted octanol–water partition coefficient (Wildman–Crippen LogP) is 4.90. The third-order valence-electron chi connectivity index (χ3n) is 4.03. The van der Waals surface area contributed by atoms with Crippen molar-refractivity contribution in [3.8, 4) is 16.9 Å². The molecule has 2 N–H and O–H groups in total. The molecule has 5 nitrogen and oxygen atoms in total. The van der Waals surface area contributed by atoms with Gasteiger partial charge in [-0.2, -0.15) is 0 Å². The summed E-state index contributed by atoms with van der Waals surface area (Å²) in [5, 5.41) is 13.8. The van der Waals surface area contributed by atoms with Crippen LogP contribution in [-0.4, -0.2) is 11.0 Å². The summed E-state index contributed by atoms with van der Waals surface area (Å²) in [4.78, 5) is 24.4. The molecule has 0 radical (unpaired) electrons. The number of halogens is 1. The zero-order chi connectivity index (χ0) is 19.0. The van der Waals surface area contributed by atoms with Crippen molar-refractivity contribution < 1.29 is 14.3 Å². The fourth-order valence-electron chi connectivity index (χ4n) is 2.85. The van der Waals surface area contributed by atoms with Gasteiger partial charge in [-0.15, -0.1) is 0 Å². The van der Waals surface area contributed by atoms with Crippen LogP contribution in [0.25, 0.3) is 22.1 Å². The van der Waals surface area contributed by atoms with Crippen LogP contribution < -0.4 is 10.7 Å². The fraction of sp³-hybridized carbons (Fsp3) is 0.200. The predicted molar refractivity (Wildman–Crippen MR) is 103 cm³/mol. The van der Waals surface area contributed by atoms with Gasteiger partial charge in [0.2, 0.25) is 11.3 Å². The van der Waals surface area contributed by atoms with E-state index < -0.39 is 0 Å². The van der Waals surface area contributed by atoms with Crippen LogP contribution in [0.2, 0.25) is 5.02 Å². The molecule has 0 bridgehead atoms. The van der Waals surface area contributed by atoms with E-state index in [0.717, 1.165) is 0 Å². The summed E-state index contributed by atoms with van der Waals surface area (Å²) in [6, 6.07) is 9.96. The monoisotopic (exact) mass is 371 g/mol. The highest BCUT2D eigenvalue weighted by atomic mass is 35.5. The van der Waals surface area contributed by atoms with E-state index in [1.165, 1.54) is 19.1 Å². The van der Waals surface area contributed by atoms with Crippen molar-refractivity contribution in [3.63, 3.8) is 0 Å². The second-order valence-electron chi connectivity index (χ2n) is 6.35. The first kappa shape index (κ1) is 18.0. The van der Waals surface area contributed by atoms with Gasteiger partial charge >= 0.3 is 0 Å². The highest BCUT2D eigenvalue weighted by Gasteiger charge is 2.21. The van der Waals surface area contributed by atoms with Crippen LogP contribution in [0.4, 0.5) is 5.69 Å². The van der Waals surface area contributed by atoms with E-state index in [-0.39, 0.29) is 39.7 Å². The number of fused-ring (bicyclic) bond motifs is 1. The molecule has 1 heterocycles. The number of hydrogen-bond donors (Lipinski definition) is 2. The maximum absolute atomic E-state index is 13.1. The van der Waals surface area contributed by atoms with Gasteiger partial charge in [-0.05, 0) is 29.8 Å². The Morgan fingerprint density at radius 1 is 1.15 bits per heavy atom. The molecule has 0 fully saturated rings. The largest absolute Gasteiger partial charge is 0.503 e. The van der Waals surface area contributed by atoms with Gasteiger partial charge < -0.3 is 14.8 Å². The number of amides is 1. The second-order valence-corrected chi connectivity index (χ2v) is 6.79. The zero-order valence-corrected chi connectivity index (χ0v) is 15.3. The van der Waals surface area contributed by atoms with Crippen molar-refractivity contribution in [2.24, 2.45) is 0 Å². The average molecular weight is 372 g/mol. The summed E-state index contributed by atoms with van der Waals surface area (Å²) in [5.74, 6) is -0.232. The maximum atomic E-state index is 13.1. The quantitative estimate of drug-likeness (QED) is 0.641. The molecule has 0 aliphatic heterocycles. The lowest BCUT2D eigenvalue weighted by molar-refractivity contribution is -0.114. The van der Waals surface area contributed by atoms with Gasteiger partial charge in [0, 0.05) is 17.9 Å². The number of nitrogens with one attached hydrogen (secondary N) is 1. The van der Waals surface area contributed by atoms with Crippen LogP contribution in [0.1, 0.15) is 32.4 Å². The Balaban J connectivity index is 2.35. The van der Waals surface area contributed by atoms with Crippen molar-refractivity contribution in [2.75, 3.05) is 5.32 Å². The van der Waals surface area contributed by atoms with Crippen molar-refractivity contribution in [1.82, 2.24) is 0 Å². The van der Waals surface area contributed by atoms with E-state index in [1.807, 2.05) is 13.8 Å². The van der Waals surface area contributed by atoms with Gasteiger partial charge in [0.25, 0.3) is 0 Å². The Kier molecular flexibility index (Phi) is 4.74. The van der Waals surface area contributed by atoms with Crippen LogP contribution in [-0.2, 0) is 4.79 Å². The molecule has 1 amide bonds. The molecular weight excluding hydrogens is 354 g/mol. The molecule has 0 saturated heterocycles. The third kappa shape index (κ3) is 3.18. The lowest BCUT2D eigenvalue weighted by Gasteiger charge is -2.14. The van der Waals surface area contributed by atoms with Gasteiger partial charge in [0.05, 0.1) is 16.6 Å². The van der Waals surface area contributed by atoms with E-state index in [1.54, 1.807) is 24.3 Å². The molecule has 6 heteroatoms. The summed E-state index contributed by atoms with van der Waals surface area (Å²) in [6.07, 6.45) is 0. The second kappa shape index (κ2) is 6.84. The average Bonchev–Trinajstić information content (AvgIpc) is 2.58. The van der Waals surface area contributed by atoms with Crippen LogP contribution in [0.15, 0.2) is 45.6 Å². The summed E-state index contributed by atoms with van der Waals surface area (Å²) in [7, 11) is 0. The van der Waals surface area contributed by atoms with Crippen molar-refractivity contribution in [2.45, 2.75) is 26.7 Å². The number of phenolic OH excluding ortho intramolecular Hbond substituents is 1. The molecule has 0 spiro atoms. The lowest BCUT2D eigenvalue weighted by atomic mass is 9.97. The molecule has 1 aromatic heterocycles. The number of hydrogen-bond acceptors (Lipinski definition) is 4. The van der Waals surface area contributed by atoms with Crippen molar-refractivity contribution in [1.29, 1.82) is 0 Å². The number of carbonyl (C=O) groups is 1. The minimum absolute atomic E-state index is 0.0580. The molecule has 3 aromatic rings. The Labute approximate surface area is 155 Å². The highest BCUT2D eigenvalue weighted by Crippen LogP contribution is 2.36. The van der Waals surface area contributed by atoms with E-state index in [0.29, 0.717) is 21.9 Å². The lowest BCUT2D eigenvalue weighted by Crippen LogP contribution is -2.11. The van der Waals surface area contributed by atoms with Gasteiger partial charge in [0.15, 0.2) is 11.3 Å². The summed E-state index contributed by atoms with van der Waals surface area (Å²) in [5.41, 5.74) is 1.14. The first-order valence-corrected chi connectivity index (χ1v) is 8.53. The Morgan fingerprint density at radius 2 is 1.81 bits per heavy atom. The molecule has 0 atom stereocenters. The number of phenols is 1. The fourth-order valence-corrected chi connectivity index (χ4v) is 2.97. The van der Waals surface area contributed by atoms with Gasteiger partial charge in [-0.3, -0.25) is 9.59 Å². The van der Waals surface area contributed by atoms with E-state index >= 15 is 0 Å². The molecule has 0 aliphatic rings. The van der Waals surface area contributed by atoms with Gasteiger partial charge in [-0.25, -0.2) is 0 Å². The van der Waals surface area contributed by atoms with Crippen LogP contribution in [0, 0.1) is 0 Å². The first-order valence-electron chi connectivity index (χ1n) is 8.15. The molecular formula is C20H18ClNO4. The summed E-state index contributed by atoms with van der Waals surface area (Å²) in [6.45, 7) is 5.14. The topological polar surface area (TPSA) is 79.5 Å². The Hall–Kier alpha value is -2.79. The molecule has 2 aromatic carbocycles. The first-order chi connectivity index (χ1) is 12.3. The number of carbonyl (C=O) groups excluding carboxylic acids is 1. The van der Waals surface area contributed by atoms with Crippen molar-refractivity contribution in [3.05, 3.63) is 57.4 Å². The minimum Gasteiger partial charge on any atom is -0.503 e. The number of anilines is 1. The van der Waals surface area contributed by atoms with Gasteiger partial charge in [-0.1, -0.05) is 37.6 Å². The minimum atomic E-state index is -0.330. The molecule has 0 unspecified atom stereocenters. The molecule has 26 heavy (non-hydrogen) atoms. The molecule has 0 saturated carbocycles. The summed E-state index contributed by atoms with van der Waals surface area (Å²) >= 11 is 5.95. The molecule has 134 valence electrons. The summed E-state index contributed by atoms with van der Waals surface area (Å²) < 4.78 is 5.94. The van der Waals surface area contributed by atoms with Gasteiger partial charge in [0.1, 0.15) is 5.76 Å². The Morgan fingerprint density at radius 3 is 2.38 bits per heavy atom. The van der Waals surface area contributed by atoms with Crippen LogP contribution in [0.3, 0.4) is 0 Å². The third-order valence-corrected chi connectivity index (χ3v) is 4.28. The van der Waals surface area contributed by atoms with E-state index in [2.05, 4.69) is 5.32 Å². The molecule has 0 aliphatic carbocycles. The highest BCUT2D eigenvalue weighted by molar-refractivity contribution is 6.30. The van der Waals surface area contributed by atoms with Crippen molar-refractivity contribution >= 4 is 34.2 Å². The number of benzene rings is 2. The zero-order valence-electron chi connectivity index (χ0n) is 14.6. The van der Waals surface area contributed by atoms with E-state index in [9.17, 15) is 14.7 Å². The number of rotatable bonds is 3.